The molecule has 1 aliphatic heterocycles. The molecule has 5 nitrogen and oxygen atoms in total. The van der Waals surface area contributed by atoms with Gasteiger partial charge < -0.3 is 15.4 Å². The molecule has 1 aliphatic rings. The Bertz CT molecular complexity index is 813. The maximum Gasteiger partial charge on any atom is 0.222 e. The predicted molar refractivity (Wildman–Crippen MR) is 117 cm³/mol. The number of halogens is 1. The minimum Gasteiger partial charge on any atom is -0.494 e. The molecule has 1 fully saturated rings. The van der Waals surface area contributed by atoms with Crippen molar-refractivity contribution in [3.63, 3.8) is 0 Å². The van der Waals surface area contributed by atoms with Gasteiger partial charge in [-0.3, -0.25) is 9.59 Å². The Morgan fingerprint density at radius 3 is 2.55 bits per heavy atom. The average molecular weight is 417 g/mol. The fraction of sp³-hybridized carbons (Fsp3) is 0.391. The van der Waals surface area contributed by atoms with E-state index in [1.807, 2.05) is 29.2 Å². The number of likely N-dealkylation sites (tertiary alicyclic amines) is 1. The summed E-state index contributed by atoms with van der Waals surface area (Å²) < 4.78 is 5.70. The highest BCUT2D eigenvalue weighted by Gasteiger charge is 2.34. The monoisotopic (exact) mass is 416 g/mol. The summed E-state index contributed by atoms with van der Waals surface area (Å²) in [6.45, 7) is 4.01. The molecule has 0 aliphatic carbocycles. The lowest BCUT2D eigenvalue weighted by Gasteiger charge is -2.17. The van der Waals surface area contributed by atoms with Gasteiger partial charge in [0.15, 0.2) is 5.78 Å². The summed E-state index contributed by atoms with van der Waals surface area (Å²) in [5.74, 6) is 1.43. The van der Waals surface area contributed by atoms with Crippen LogP contribution in [0.4, 0.5) is 0 Å². The van der Waals surface area contributed by atoms with Gasteiger partial charge in [0, 0.05) is 31.0 Å². The van der Waals surface area contributed by atoms with Crippen molar-refractivity contribution < 1.29 is 14.3 Å². The number of hydrogen-bond donors (Lipinski definition) is 1. The van der Waals surface area contributed by atoms with E-state index in [1.54, 1.807) is 18.2 Å². The van der Waals surface area contributed by atoms with E-state index in [2.05, 4.69) is 12.1 Å². The van der Waals surface area contributed by atoms with Crippen molar-refractivity contribution in [1.29, 1.82) is 0 Å². The summed E-state index contributed by atoms with van der Waals surface area (Å²) >= 11 is 0. The molecule has 1 saturated heterocycles. The Morgan fingerprint density at radius 1 is 1.10 bits per heavy atom. The molecule has 0 saturated carbocycles. The van der Waals surface area contributed by atoms with E-state index in [9.17, 15) is 9.59 Å². The molecule has 0 bridgehead atoms. The van der Waals surface area contributed by atoms with Crippen LogP contribution in [0.1, 0.15) is 41.6 Å². The van der Waals surface area contributed by atoms with Crippen LogP contribution in [-0.2, 0) is 4.79 Å². The number of hydrogen-bond acceptors (Lipinski definition) is 4. The van der Waals surface area contributed by atoms with Crippen LogP contribution in [0.5, 0.6) is 5.75 Å². The minimum atomic E-state index is 0. The number of Topliss-reactive ketones (excluding diaryl/α,β-unsaturated/α-hetero) is 1. The van der Waals surface area contributed by atoms with Crippen molar-refractivity contribution in [1.82, 2.24) is 4.90 Å². The fourth-order valence-electron chi connectivity index (χ4n) is 3.77. The largest absolute Gasteiger partial charge is 0.494 e. The number of ether oxygens (including phenoxy) is 1. The molecule has 2 N–H and O–H groups in total. The SMILES string of the molecule is CC(=O)c1cccc(OCCCC(=O)N2C[C@@H](CN)[C@H](c3ccccc3)C2)c1.Cl. The third kappa shape index (κ3) is 6.05. The Morgan fingerprint density at radius 2 is 1.86 bits per heavy atom. The molecule has 2 aromatic rings. The van der Waals surface area contributed by atoms with Crippen LogP contribution in [0.15, 0.2) is 54.6 Å². The van der Waals surface area contributed by atoms with Crippen LogP contribution in [-0.4, -0.2) is 42.8 Å². The molecule has 2 aromatic carbocycles. The van der Waals surface area contributed by atoms with Crippen molar-refractivity contribution >= 4 is 24.1 Å². The van der Waals surface area contributed by atoms with Crippen LogP contribution in [0.25, 0.3) is 0 Å². The highest BCUT2D eigenvalue weighted by Crippen LogP contribution is 2.32. The minimum absolute atomic E-state index is 0. The number of nitrogens with zero attached hydrogens (tertiary/aromatic N) is 1. The molecule has 29 heavy (non-hydrogen) atoms. The molecule has 0 aromatic heterocycles. The Hall–Kier alpha value is -2.37. The first-order valence-corrected chi connectivity index (χ1v) is 9.85. The molecule has 1 amide bonds. The zero-order chi connectivity index (χ0) is 19.9. The van der Waals surface area contributed by atoms with Crippen molar-refractivity contribution in [2.45, 2.75) is 25.7 Å². The van der Waals surface area contributed by atoms with Gasteiger partial charge in [0.2, 0.25) is 5.91 Å². The van der Waals surface area contributed by atoms with Crippen molar-refractivity contribution in [3.05, 3.63) is 65.7 Å². The smallest absolute Gasteiger partial charge is 0.222 e. The second-order valence-electron chi connectivity index (χ2n) is 7.35. The van der Waals surface area contributed by atoms with E-state index in [0.717, 1.165) is 13.1 Å². The molecule has 0 unspecified atom stereocenters. The number of ketones is 1. The molecule has 0 radical (unpaired) electrons. The van der Waals surface area contributed by atoms with Crippen LogP contribution in [0.2, 0.25) is 0 Å². The van der Waals surface area contributed by atoms with Crippen LogP contribution < -0.4 is 10.5 Å². The summed E-state index contributed by atoms with van der Waals surface area (Å²) in [4.78, 5) is 26.0. The van der Waals surface area contributed by atoms with E-state index in [-0.39, 0.29) is 24.1 Å². The quantitative estimate of drug-likeness (QED) is 0.526. The lowest BCUT2D eigenvalue weighted by Crippen LogP contribution is -2.29. The number of rotatable bonds is 8. The van der Waals surface area contributed by atoms with Gasteiger partial charge in [0.05, 0.1) is 6.61 Å². The highest BCUT2D eigenvalue weighted by atomic mass is 35.5. The molecule has 1 heterocycles. The van der Waals surface area contributed by atoms with E-state index in [0.29, 0.717) is 49.1 Å². The highest BCUT2D eigenvalue weighted by molar-refractivity contribution is 5.94. The van der Waals surface area contributed by atoms with Gasteiger partial charge in [0.1, 0.15) is 5.75 Å². The fourth-order valence-corrected chi connectivity index (χ4v) is 3.77. The first-order valence-electron chi connectivity index (χ1n) is 9.85. The zero-order valence-corrected chi connectivity index (χ0v) is 17.6. The lowest BCUT2D eigenvalue weighted by molar-refractivity contribution is -0.130. The molecular weight excluding hydrogens is 388 g/mol. The molecule has 6 heteroatoms. The average Bonchev–Trinajstić information content (AvgIpc) is 3.16. The molecular formula is C23H29ClN2O3. The third-order valence-electron chi connectivity index (χ3n) is 5.37. The van der Waals surface area contributed by atoms with Gasteiger partial charge in [-0.25, -0.2) is 0 Å². The van der Waals surface area contributed by atoms with Gasteiger partial charge in [-0.05, 0) is 43.5 Å². The molecule has 0 spiro atoms. The van der Waals surface area contributed by atoms with Gasteiger partial charge in [-0.2, -0.15) is 0 Å². The predicted octanol–water partition coefficient (Wildman–Crippen LogP) is 3.67. The van der Waals surface area contributed by atoms with E-state index < -0.39 is 0 Å². The van der Waals surface area contributed by atoms with Crippen molar-refractivity contribution in [2.75, 3.05) is 26.2 Å². The van der Waals surface area contributed by atoms with E-state index in [4.69, 9.17) is 10.5 Å². The number of carbonyl (C=O) groups excluding carboxylic acids is 2. The topological polar surface area (TPSA) is 72.6 Å². The van der Waals surface area contributed by atoms with Crippen molar-refractivity contribution in [2.24, 2.45) is 11.7 Å². The normalized spacial score (nSPS) is 18.2. The summed E-state index contributed by atoms with van der Waals surface area (Å²) in [7, 11) is 0. The number of carbonyl (C=O) groups is 2. The summed E-state index contributed by atoms with van der Waals surface area (Å²) in [6.07, 6.45) is 1.09. The van der Waals surface area contributed by atoms with Gasteiger partial charge in [0.25, 0.3) is 0 Å². The molecule has 3 rings (SSSR count). The third-order valence-corrected chi connectivity index (χ3v) is 5.37. The van der Waals surface area contributed by atoms with Crippen molar-refractivity contribution in [3.8, 4) is 5.75 Å². The number of amides is 1. The Balaban J connectivity index is 0.00000300. The zero-order valence-electron chi connectivity index (χ0n) is 16.8. The Kier molecular flexibility index (Phi) is 8.68. The number of benzene rings is 2. The van der Waals surface area contributed by atoms with Gasteiger partial charge >= 0.3 is 0 Å². The summed E-state index contributed by atoms with van der Waals surface area (Å²) in [6, 6.07) is 17.4. The first kappa shape index (κ1) is 22.9. The van der Waals surface area contributed by atoms with Crippen LogP contribution in [0, 0.1) is 5.92 Å². The maximum absolute atomic E-state index is 12.6. The van der Waals surface area contributed by atoms with E-state index in [1.165, 1.54) is 12.5 Å². The second-order valence-corrected chi connectivity index (χ2v) is 7.35. The van der Waals surface area contributed by atoms with E-state index >= 15 is 0 Å². The number of nitrogens with two attached hydrogens (primary N) is 1. The van der Waals surface area contributed by atoms with Crippen LogP contribution in [0.3, 0.4) is 0 Å². The lowest BCUT2D eigenvalue weighted by atomic mass is 9.89. The van der Waals surface area contributed by atoms with Crippen LogP contribution >= 0.6 is 12.4 Å². The Labute approximate surface area is 178 Å². The molecule has 2 atom stereocenters. The van der Waals surface area contributed by atoms with Gasteiger partial charge in [-0.1, -0.05) is 42.5 Å². The summed E-state index contributed by atoms with van der Waals surface area (Å²) in [5, 5.41) is 0. The first-order chi connectivity index (χ1) is 13.6. The van der Waals surface area contributed by atoms with Gasteiger partial charge in [-0.15, -0.1) is 12.4 Å². The standard InChI is InChI=1S/C23H28N2O3.ClH/c1-17(26)19-9-5-10-21(13-19)28-12-6-11-23(27)25-15-20(14-24)22(16-25)18-7-3-2-4-8-18;/h2-5,7-10,13,20,22H,6,11-12,14-16,24H2,1H3;1H/t20-,22+;/m1./s1. The maximum atomic E-state index is 12.6. The summed E-state index contributed by atoms with van der Waals surface area (Å²) in [5.41, 5.74) is 7.84. The molecule has 156 valence electrons. The second kappa shape index (κ2) is 11.0.